The molecule has 2 rings (SSSR count). The van der Waals surface area contributed by atoms with Gasteiger partial charge in [0.25, 0.3) is 0 Å². The van der Waals surface area contributed by atoms with Crippen LogP contribution in [0.25, 0.3) is 0 Å². The van der Waals surface area contributed by atoms with Gasteiger partial charge in [-0.25, -0.2) is 0 Å². The number of nitrogens with zero attached hydrogens (tertiary/aromatic N) is 1. The lowest BCUT2D eigenvalue weighted by molar-refractivity contribution is 0.194. The molecule has 2 fully saturated rings. The largest absolute Gasteiger partial charge is 0.311 e. The molecule has 21 heavy (non-hydrogen) atoms. The molecule has 1 N–H and O–H groups in total. The highest BCUT2D eigenvalue weighted by Gasteiger charge is 2.24. The van der Waals surface area contributed by atoms with Gasteiger partial charge in [-0.2, -0.15) is 0 Å². The first-order chi connectivity index (χ1) is 10.1. The van der Waals surface area contributed by atoms with Crippen LogP contribution in [0.15, 0.2) is 11.6 Å². The molecule has 0 unspecified atom stereocenters. The molecular formula is C19H36N2. The summed E-state index contributed by atoms with van der Waals surface area (Å²) in [6, 6.07) is 1.48. The van der Waals surface area contributed by atoms with Crippen LogP contribution in [0.4, 0.5) is 0 Å². The van der Waals surface area contributed by atoms with E-state index >= 15 is 0 Å². The van der Waals surface area contributed by atoms with E-state index in [0.717, 1.165) is 24.5 Å². The van der Waals surface area contributed by atoms with Crippen LogP contribution in [0.2, 0.25) is 0 Å². The zero-order valence-corrected chi connectivity index (χ0v) is 14.5. The van der Waals surface area contributed by atoms with Gasteiger partial charge in [0.2, 0.25) is 0 Å². The third kappa shape index (κ3) is 6.12. The van der Waals surface area contributed by atoms with Crippen LogP contribution in [0.3, 0.4) is 0 Å². The summed E-state index contributed by atoms with van der Waals surface area (Å²) in [6.07, 6.45) is 13.8. The molecule has 1 saturated heterocycles. The molecule has 0 aromatic carbocycles. The van der Waals surface area contributed by atoms with Gasteiger partial charge in [0.15, 0.2) is 0 Å². The molecule has 1 saturated carbocycles. The molecule has 1 aliphatic heterocycles. The minimum absolute atomic E-state index is 0.720. The second-order valence-corrected chi connectivity index (χ2v) is 7.56. The van der Waals surface area contributed by atoms with E-state index in [9.17, 15) is 0 Å². The maximum absolute atomic E-state index is 3.96. The van der Waals surface area contributed by atoms with Crippen LogP contribution in [-0.2, 0) is 0 Å². The highest BCUT2D eigenvalue weighted by Crippen LogP contribution is 2.26. The molecule has 1 heterocycles. The normalized spacial score (nSPS) is 24.5. The average Bonchev–Trinajstić information content (AvgIpc) is 2.75. The van der Waals surface area contributed by atoms with Crippen molar-refractivity contribution in [1.82, 2.24) is 10.2 Å². The van der Waals surface area contributed by atoms with Crippen molar-refractivity contribution in [3.8, 4) is 0 Å². The van der Waals surface area contributed by atoms with Gasteiger partial charge in [-0.1, -0.05) is 37.3 Å². The Balaban J connectivity index is 1.68. The van der Waals surface area contributed by atoms with E-state index in [1.807, 2.05) is 0 Å². The Kier molecular flexibility index (Phi) is 7.25. The number of hydrogen-bond acceptors (Lipinski definition) is 2. The van der Waals surface area contributed by atoms with Crippen molar-refractivity contribution in [3.05, 3.63) is 11.6 Å². The van der Waals surface area contributed by atoms with Crippen molar-refractivity contribution in [1.29, 1.82) is 0 Å². The summed E-state index contributed by atoms with van der Waals surface area (Å²) >= 11 is 0. The van der Waals surface area contributed by atoms with Crippen LogP contribution >= 0.6 is 0 Å². The lowest BCUT2D eigenvalue weighted by atomic mass is 9.91. The summed E-state index contributed by atoms with van der Waals surface area (Å²) in [4.78, 5) is 2.60. The SMILES string of the molecule is CC(C)=CCN1CCC(N[C@@H](C)C2CCCCCC2)CC1. The smallest absolute Gasteiger partial charge is 0.0165 e. The summed E-state index contributed by atoms with van der Waals surface area (Å²) in [7, 11) is 0. The maximum Gasteiger partial charge on any atom is 0.0165 e. The van der Waals surface area contributed by atoms with Crippen LogP contribution in [0.5, 0.6) is 0 Å². The van der Waals surface area contributed by atoms with Gasteiger partial charge in [0.1, 0.15) is 0 Å². The van der Waals surface area contributed by atoms with E-state index in [-0.39, 0.29) is 0 Å². The van der Waals surface area contributed by atoms with Gasteiger partial charge >= 0.3 is 0 Å². The Hall–Kier alpha value is -0.340. The molecule has 0 aromatic rings. The second kappa shape index (κ2) is 8.95. The zero-order chi connectivity index (χ0) is 15.1. The summed E-state index contributed by atoms with van der Waals surface area (Å²) in [5.74, 6) is 0.927. The van der Waals surface area contributed by atoms with Crippen molar-refractivity contribution in [3.63, 3.8) is 0 Å². The van der Waals surface area contributed by atoms with Crippen molar-refractivity contribution in [2.45, 2.75) is 84.2 Å². The fourth-order valence-electron chi connectivity index (χ4n) is 3.91. The van der Waals surface area contributed by atoms with Crippen molar-refractivity contribution >= 4 is 0 Å². The van der Waals surface area contributed by atoms with Crippen LogP contribution in [-0.4, -0.2) is 36.6 Å². The van der Waals surface area contributed by atoms with Gasteiger partial charge in [-0.05, 0) is 65.5 Å². The first-order valence-electron chi connectivity index (χ1n) is 9.27. The van der Waals surface area contributed by atoms with E-state index in [1.54, 1.807) is 0 Å². The summed E-state index contributed by atoms with van der Waals surface area (Å²) in [6.45, 7) is 10.5. The Bertz CT molecular complexity index is 304. The van der Waals surface area contributed by atoms with Crippen LogP contribution < -0.4 is 5.32 Å². The number of rotatable bonds is 5. The Morgan fingerprint density at radius 3 is 2.24 bits per heavy atom. The van der Waals surface area contributed by atoms with Crippen LogP contribution in [0, 0.1) is 5.92 Å². The third-order valence-corrected chi connectivity index (χ3v) is 5.45. The van der Waals surface area contributed by atoms with Gasteiger partial charge in [-0.15, -0.1) is 0 Å². The van der Waals surface area contributed by atoms with Gasteiger partial charge in [0.05, 0.1) is 0 Å². The predicted molar refractivity (Wildman–Crippen MR) is 92.7 cm³/mol. The molecular weight excluding hydrogens is 256 g/mol. The lowest BCUT2D eigenvalue weighted by Crippen LogP contribution is -2.47. The first-order valence-corrected chi connectivity index (χ1v) is 9.27. The molecule has 0 bridgehead atoms. The van der Waals surface area contributed by atoms with Crippen LogP contribution in [0.1, 0.15) is 72.1 Å². The van der Waals surface area contributed by atoms with Gasteiger partial charge in [0, 0.05) is 18.6 Å². The molecule has 122 valence electrons. The van der Waals surface area contributed by atoms with Crippen molar-refractivity contribution < 1.29 is 0 Å². The quantitative estimate of drug-likeness (QED) is 0.598. The van der Waals surface area contributed by atoms with Crippen molar-refractivity contribution in [2.24, 2.45) is 5.92 Å². The summed E-state index contributed by atoms with van der Waals surface area (Å²) in [5, 5.41) is 3.96. The Morgan fingerprint density at radius 1 is 1.05 bits per heavy atom. The molecule has 1 aliphatic carbocycles. The number of nitrogens with one attached hydrogen (secondary N) is 1. The standard InChI is InChI=1S/C19H36N2/c1-16(2)10-13-21-14-11-19(12-15-21)20-17(3)18-8-6-4-5-7-9-18/h10,17-20H,4-9,11-15H2,1-3H3/t17-/m0/s1. The molecule has 0 radical (unpaired) electrons. The first kappa shape index (κ1) is 17.0. The van der Waals surface area contributed by atoms with E-state index in [4.69, 9.17) is 0 Å². The van der Waals surface area contributed by atoms with E-state index in [1.165, 1.54) is 70.0 Å². The third-order valence-electron chi connectivity index (χ3n) is 5.45. The average molecular weight is 293 g/mol. The van der Waals surface area contributed by atoms with E-state index in [2.05, 4.69) is 37.1 Å². The molecule has 1 atom stereocenters. The maximum atomic E-state index is 3.96. The minimum Gasteiger partial charge on any atom is -0.311 e. The molecule has 0 aromatic heterocycles. The lowest BCUT2D eigenvalue weighted by Gasteiger charge is -2.35. The monoisotopic (exact) mass is 292 g/mol. The fraction of sp³-hybridized carbons (Fsp3) is 0.895. The van der Waals surface area contributed by atoms with Crippen molar-refractivity contribution in [2.75, 3.05) is 19.6 Å². The molecule has 0 amide bonds. The van der Waals surface area contributed by atoms with Gasteiger partial charge < -0.3 is 5.32 Å². The zero-order valence-electron chi connectivity index (χ0n) is 14.5. The van der Waals surface area contributed by atoms with Gasteiger partial charge in [-0.3, -0.25) is 4.90 Å². The van der Waals surface area contributed by atoms with E-state index in [0.29, 0.717) is 0 Å². The Morgan fingerprint density at radius 2 is 1.67 bits per heavy atom. The highest BCUT2D eigenvalue weighted by atomic mass is 15.1. The number of piperidine rings is 1. The number of likely N-dealkylation sites (tertiary alicyclic amines) is 1. The summed E-state index contributed by atoms with van der Waals surface area (Å²) < 4.78 is 0. The predicted octanol–water partition coefficient (Wildman–Crippen LogP) is 4.37. The molecule has 2 heteroatoms. The topological polar surface area (TPSA) is 15.3 Å². The summed E-state index contributed by atoms with van der Waals surface area (Å²) in [5.41, 5.74) is 1.44. The molecule has 0 spiro atoms. The minimum atomic E-state index is 0.720. The molecule has 2 nitrogen and oxygen atoms in total. The molecule has 2 aliphatic rings. The fourth-order valence-corrected chi connectivity index (χ4v) is 3.91. The number of hydrogen-bond donors (Lipinski definition) is 1. The van der Waals surface area contributed by atoms with E-state index < -0.39 is 0 Å². The Labute approximate surface area is 132 Å². The second-order valence-electron chi connectivity index (χ2n) is 7.56. The number of allylic oxidation sites excluding steroid dienone is 1. The highest BCUT2D eigenvalue weighted by molar-refractivity contribution is 4.96.